The third-order valence-corrected chi connectivity index (χ3v) is 3.04. The zero-order valence-corrected chi connectivity index (χ0v) is 8.52. The summed E-state index contributed by atoms with van der Waals surface area (Å²) in [6.07, 6.45) is 0.0405. The molecule has 1 aromatic heterocycles. The molecule has 1 unspecified atom stereocenters. The van der Waals surface area contributed by atoms with Crippen LogP contribution in [0, 0.1) is 0 Å². The first-order valence-electron chi connectivity index (χ1n) is 3.61. The lowest BCUT2D eigenvalue weighted by molar-refractivity contribution is -0.156. The van der Waals surface area contributed by atoms with Gasteiger partial charge in [-0.15, -0.1) is 11.3 Å². The van der Waals surface area contributed by atoms with Crippen molar-refractivity contribution in [1.82, 2.24) is 0 Å². The smallest absolute Gasteiger partial charge is 0.335 e. The van der Waals surface area contributed by atoms with Gasteiger partial charge in [0.15, 0.2) is 5.60 Å². The summed E-state index contributed by atoms with van der Waals surface area (Å²) in [7, 11) is 0. The highest BCUT2D eigenvalue weighted by atomic mass is 35.5. The van der Waals surface area contributed by atoms with Crippen molar-refractivity contribution in [2.75, 3.05) is 0 Å². The maximum Gasteiger partial charge on any atom is 0.335 e. The van der Waals surface area contributed by atoms with E-state index in [9.17, 15) is 9.90 Å². The van der Waals surface area contributed by atoms with E-state index < -0.39 is 11.6 Å². The molecule has 0 aliphatic rings. The highest BCUT2D eigenvalue weighted by Gasteiger charge is 2.31. The van der Waals surface area contributed by atoms with Crippen molar-refractivity contribution in [2.45, 2.75) is 18.9 Å². The van der Waals surface area contributed by atoms with E-state index in [-0.39, 0.29) is 6.42 Å². The molecule has 0 bridgehead atoms. The average molecular weight is 221 g/mol. The maximum atomic E-state index is 10.6. The summed E-state index contributed by atoms with van der Waals surface area (Å²) in [5, 5.41) is 20.3. The molecule has 72 valence electrons. The third kappa shape index (κ3) is 2.43. The van der Waals surface area contributed by atoms with Gasteiger partial charge in [0.25, 0.3) is 0 Å². The number of hydrogen-bond acceptors (Lipinski definition) is 3. The van der Waals surface area contributed by atoms with Crippen LogP contribution in [0.25, 0.3) is 0 Å². The molecule has 0 saturated heterocycles. The van der Waals surface area contributed by atoms with E-state index in [0.29, 0.717) is 9.90 Å². The lowest BCUT2D eigenvalue weighted by Gasteiger charge is -2.16. The highest BCUT2D eigenvalue weighted by Crippen LogP contribution is 2.26. The van der Waals surface area contributed by atoms with Crippen molar-refractivity contribution in [1.29, 1.82) is 0 Å². The molecular formula is C8H9ClO3S. The third-order valence-electron chi connectivity index (χ3n) is 1.66. The molecule has 5 heteroatoms. The van der Waals surface area contributed by atoms with Crippen LogP contribution in [-0.4, -0.2) is 21.8 Å². The Labute approximate surface area is 84.6 Å². The van der Waals surface area contributed by atoms with Crippen molar-refractivity contribution >= 4 is 28.9 Å². The first-order valence-corrected chi connectivity index (χ1v) is 4.87. The van der Waals surface area contributed by atoms with Gasteiger partial charge < -0.3 is 10.2 Å². The fourth-order valence-electron chi connectivity index (χ4n) is 0.839. The number of aliphatic carboxylic acids is 1. The van der Waals surface area contributed by atoms with Crippen LogP contribution >= 0.6 is 22.9 Å². The van der Waals surface area contributed by atoms with E-state index in [2.05, 4.69) is 0 Å². The van der Waals surface area contributed by atoms with Crippen molar-refractivity contribution in [3.63, 3.8) is 0 Å². The first kappa shape index (κ1) is 10.5. The Morgan fingerprint density at radius 2 is 2.38 bits per heavy atom. The van der Waals surface area contributed by atoms with E-state index in [1.54, 1.807) is 11.4 Å². The monoisotopic (exact) mass is 220 g/mol. The van der Waals surface area contributed by atoms with Crippen molar-refractivity contribution in [3.8, 4) is 0 Å². The summed E-state index contributed by atoms with van der Waals surface area (Å²) in [6.45, 7) is 1.26. The highest BCUT2D eigenvalue weighted by molar-refractivity contribution is 7.10. The zero-order chi connectivity index (χ0) is 10.1. The van der Waals surface area contributed by atoms with E-state index in [1.807, 2.05) is 0 Å². The van der Waals surface area contributed by atoms with Gasteiger partial charge in [-0.05, 0) is 18.4 Å². The lowest BCUT2D eigenvalue weighted by atomic mass is 10.0. The normalized spacial score (nSPS) is 15.3. The molecule has 1 heterocycles. The molecule has 0 aliphatic carbocycles. The average Bonchev–Trinajstić information content (AvgIpc) is 2.35. The maximum absolute atomic E-state index is 10.6. The molecule has 3 nitrogen and oxygen atoms in total. The number of aliphatic hydroxyl groups is 1. The number of carbonyl (C=O) groups is 1. The molecule has 1 atom stereocenters. The molecule has 0 fully saturated rings. The number of hydrogen-bond donors (Lipinski definition) is 2. The van der Waals surface area contributed by atoms with Crippen LogP contribution in [0.1, 0.15) is 11.8 Å². The second kappa shape index (κ2) is 3.65. The van der Waals surface area contributed by atoms with Gasteiger partial charge in [0.05, 0.1) is 5.02 Å². The summed E-state index contributed by atoms with van der Waals surface area (Å²) in [6, 6.07) is 1.68. The first-order chi connectivity index (χ1) is 5.93. The van der Waals surface area contributed by atoms with Crippen molar-refractivity contribution in [2.24, 2.45) is 0 Å². The summed E-state index contributed by atoms with van der Waals surface area (Å²) in [5.41, 5.74) is -1.74. The Hall–Kier alpha value is -0.580. The molecule has 0 saturated carbocycles. The van der Waals surface area contributed by atoms with Gasteiger partial charge in [0.2, 0.25) is 0 Å². The Kier molecular flexibility index (Phi) is 2.95. The Balaban J connectivity index is 2.80. The minimum atomic E-state index is -1.74. The molecular weight excluding hydrogens is 212 g/mol. The molecule has 2 N–H and O–H groups in total. The SMILES string of the molecule is CC(O)(Cc1sccc1Cl)C(=O)O. The summed E-state index contributed by atoms with van der Waals surface area (Å²) in [5.74, 6) is -1.24. The molecule has 13 heavy (non-hydrogen) atoms. The van der Waals surface area contributed by atoms with E-state index in [0.717, 1.165) is 0 Å². The predicted octanol–water partition coefficient (Wildman–Crippen LogP) is 1.78. The number of carboxylic acids is 1. The van der Waals surface area contributed by atoms with Crippen LogP contribution < -0.4 is 0 Å². The minimum Gasteiger partial charge on any atom is -0.479 e. The van der Waals surface area contributed by atoms with Gasteiger partial charge in [0, 0.05) is 11.3 Å². The summed E-state index contributed by atoms with van der Waals surface area (Å²) in [4.78, 5) is 11.3. The fourth-order valence-corrected chi connectivity index (χ4v) is 2.09. The molecule has 1 rings (SSSR count). The van der Waals surface area contributed by atoms with Gasteiger partial charge in [-0.2, -0.15) is 0 Å². The van der Waals surface area contributed by atoms with Crippen LogP contribution in [-0.2, 0) is 11.2 Å². The van der Waals surface area contributed by atoms with Crippen LogP contribution in [0.3, 0.4) is 0 Å². The lowest BCUT2D eigenvalue weighted by Crippen LogP contribution is -2.36. The van der Waals surface area contributed by atoms with Crippen molar-refractivity contribution in [3.05, 3.63) is 21.3 Å². The number of rotatable bonds is 3. The van der Waals surface area contributed by atoms with Crippen molar-refractivity contribution < 1.29 is 15.0 Å². The van der Waals surface area contributed by atoms with Gasteiger partial charge in [-0.1, -0.05) is 11.6 Å². The second-order valence-electron chi connectivity index (χ2n) is 2.95. The zero-order valence-electron chi connectivity index (χ0n) is 6.95. The van der Waals surface area contributed by atoms with Gasteiger partial charge in [0.1, 0.15) is 0 Å². The number of halogens is 1. The number of carboxylic acid groups (broad SMARTS) is 1. The van der Waals surface area contributed by atoms with Crippen LogP contribution in [0.5, 0.6) is 0 Å². The molecule has 0 aromatic carbocycles. The quantitative estimate of drug-likeness (QED) is 0.817. The Bertz CT molecular complexity index is 319. The summed E-state index contributed by atoms with van der Waals surface area (Å²) < 4.78 is 0. The van der Waals surface area contributed by atoms with E-state index >= 15 is 0 Å². The van der Waals surface area contributed by atoms with Crippen LogP contribution in [0.4, 0.5) is 0 Å². The molecule has 0 spiro atoms. The van der Waals surface area contributed by atoms with Gasteiger partial charge in [-0.3, -0.25) is 0 Å². The Morgan fingerprint density at radius 3 is 2.77 bits per heavy atom. The van der Waals surface area contributed by atoms with Gasteiger partial charge in [-0.25, -0.2) is 4.79 Å². The summed E-state index contributed by atoms with van der Waals surface area (Å²) >= 11 is 7.10. The topological polar surface area (TPSA) is 57.5 Å². The fraction of sp³-hybridized carbons (Fsp3) is 0.375. The van der Waals surface area contributed by atoms with E-state index in [4.69, 9.17) is 16.7 Å². The standard InChI is InChI=1S/C8H9ClO3S/c1-8(12,7(10)11)4-6-5(9)2-3-13-6/h2-3,12H,4H2,1H3,(H,10,11). The minimum absolute atomic E-state index is 0.0405. The molecule has 0 amide bonds. The molecule has 0 radical (unpaired) electrons. The molecule has 1 aromatic rings. The van der Waals surface area contributed by atoms with Crippen LogP contribution in [0.2, 0.25) is 5.02 Å². The second-order valence-corrected chi connectivity index (χ2v) is 4.36. The largest absolute Gasteiger partial charge is 0.479 e. The predicted molar refractivity (Wildman–Crippen MR) is 51.3 cm³/mol. The van der Waals surface area contributed by atoms with E-state index in [1.165, 1.54) is 18.3 Å². The van der Waals surface area contributed by atoms with Gasteiger partial charge >= 0.3 is 5.97 Å². The Morgan fingerprint density at radius 1 is 1.77 bits per heavy atom. The number of thiophene rings is 1. The van der Waals surface area contributed by atoms with Crippen LogP contribution in [0.15, 0.2) is 11.4 Å². The molecule has 0 aliphatic heterocycles.